The molecule has 2 fully saturated rings. The number of fused-ring (bicyclic) bond motifs is 1. The third-order valence-corrected chi connectivity index (χ3v) is 5.25. The number of hydrogen-bond donors (Lipinski definition) is 0. The Labute approximate surface area is 131 Å². The van der Waals surface area contributed by atoms with Crippen molar-refractivity contribution in [2.75, 3.05) is 6.61 Å². The van der Waals surface area contributed by atoms with Crippen molar-refractivity contribution in [2.24, 2.45) is 23.2 Å². The number of carbonyl (C=O) groups is 3. The number of nitrogens with zero attached hydrogens (tertiary/aromatic N) is 1. The zero-order valence-corrected chi connectivity index (χ0v) is 13.3. The molecule has 2 rings (SSSR count). The second-order valence-electron chi connectivity index (χ2n) is 6.60. The minimum absolute atomic E-state index is 0.0153. The molecular weight excluding hydrogens is 282 g/mol. The fourth-order valence-corrected chi connectivity index (χ4v) is 4.39. The Morgan fingerprint density at radius 1 is 1.41 bits per heavy atom. The van der Waals surface area contributed by atoms with E-state index >= 15 is 0 Å². The van der Waals surface area contributed by atoms with Crippen molar-refractivity contribution in [1.82, 2.24) is 0 Å². The van der Waals surface area contributed by atoms with Crippen LogP contribution in [-0.4, -0.2) is 24.1 Å². The van der Waals surface area contributed by atoms with Crippen molar-refractivity contribution >= 4 is 17.5 Å². The maximum Gasteiger partial charge on any atom is 0.306 e. The Morgan fingerprint density at radius 3 is 2.77 bits per heavy atom. The molecule has 0 aromatic heterocycles. The monoisotopic (exact) mass is 305 g/mol. The molecule has 0 amide bonds. The van der Waals surface area contributed by atoms with E-state index in [1.807, 2.05) is 6.92 Å². The van der Waals surface area contributed by atoms with Gasteiger partial charge in [0, 0.05) is 30.6 Å². The van der Waals surface area contributed by atoms with Gasteiger partial charge in [0.1, 0.15) is 11.6 Å². The number of hydrogen-bond acceptors (Lipinski definition) is 5. The molecule has 2 saturated carbocycles. The minimum Gasteiger partial charge on any atom is -0.466 e. The summed E-state index contributed by atoms with van der Waals surface area (Å²) in [7, 11) is 0. The Balaban J connectivity index is 2.33. The van der Waals surface area contributed by atoms with E-state index in [0.717, 1.165) is 6.42 Å². The first-order chi connectivity index (χ1) is 10.5. The van der Waals surface area contributed by atoms with Crippen LogP contribution in [0.1, 0.15) is 52.4 Å². The summed E-state index contributed by atoms with van der Waals surface area (Å²) >= 11 is 0. The van der Waals surface area contributed by atoms with Crippen molar-refractivity contribution in [3.05, 3.63) is 0 Å². The summed E-state index contributed by atoms with van der Waals surface area (Å²) < 4.78 is 4.97. The fraction of sp³-hybridized carbons (Fsp3) is 0.765. The molecule has 0 aliphatic heterocycles. The van der Waals surface area contributed by atoms with Crippen LogP contribution in [0.25, 0.3) is 0 Å². The van der Waals surface area contributed by atoms with Crippen LogP contribution in [0.3, 0.4) is 0 Å². The van der Waals surface area contributed by atoms with Crippen molar-refractivity contribution in [3.8, 4) is 6.07 Å². The van der Waals surface area contributed by atoms with Gasteiger partial charge in [0.15, 0.2) is 0 Å². The average molecular weight is 305 g/mol. The lowest BCUT2D eigenvalue weighted by Gasteiger charge is -2.42. The molecule has 0 N–H and O–H groups in total. The van der Waals surface area contributed by atoms with Crippen LogP contribution in [0.15, 0.2) is 0 Å². The highest BCUT2D eigenvalue weighted by atomic mass is 16.5. The van der Waals surface area contributed by atoms with E-state index in [2.05, 4.69) is 6.07 Å². The molecule has 120 valence electrons. The Morgan fingerprint density at radius 2 is 2.14 bits per heavy atom. The van der Waals surface area contributed by atoms with Crippen LogP contribution >= 0.6 is 0 Å². The van der Waals surface area contributed by atoms with Gasteiger partial charge in [0.05, 0.1) is 19.1 Å². The van der Waals surface area contributed by atoms with Gasteiger partial charge in [-0.15, -0.1) is 0 Å². The van der Waals surface area contributed by atoms with Crippen LogP contribution in [0.5, 0.6) is 0 Å². The molecule has 0 aromatic rings. The quantitative estimate of drug-likeness (QED) is 0.728. The van der Waals surface area contributed by atoms with Crippen LogP contribution in [0, 0.1) is 34.5 Å². The first kappa shape index (κ1) is 16.7. The van der Waals surface area contributed by atoms with Gasteiger partial charge in [-0.1, -0.05) is 6.92 Å². The largest absolute Gasteiger partial charge is 0.466 e. The number of ether oxygens (including phenoxy) is 1. The predicted molar refractivity (Wildman–Crippen MR) is 78.5 cm³/mol. The number of Topliss-reactive ketones (excluding diaryl/α,β-unsaturated/α-hetero) is 2. The Kier molecular flexibility index (Phi) is 5.00. The zero-order chi connectivity index (χ0) is 16.3. The smallest absolute Gasteiger partial charge is 0.306 e. The molecule has 0 unspecified atom stereocenters. The number of esters is 1. The second kappa shape index (κ2) is 6.60. The summed E-state index contributed by atoms with van der Waals surface area (Å²) in [5, 5.41) is 8.93. The molecule has 2 aliphatic carbocycles. The lowest BCUT2D eigenvalue weighted by molar-refractivity contribution is -0.150. The first-order valence-corrected chi connectivity index (χ1v) is 8.04. The summed E-state index contributed by atoms with van der Waals surface area (Å²) in [5.74, 6) is -0.745. The van der Waals surface area contributed by atoms with Gasteiger partial charge in [0.25, 0.3) is 0 Å². The second-order valence-corrected chi connectivity index (χ2v) is 6.60. The van der Waals surface area contributed by atoms with Gasteiger partial charge in [-0.2, -0.15) is 5.26 Å². The van der Waals surface area contributed by atoms with Crippen molar-refractivity contribution in [2.45, 2.75) is 52.4 Å². The molecule has 2 aliphatic rings. The van der Waals surface area contributed by atoms with E-state index in [1.54, 1.807) is 6.92 Å². The molecule has 0 spiro atoms. The van der Waals surface area contributed by atoms with Gasteiger partial charge in [-0.05, 0) is 31.6 Å². The van der Waals surface area contributed by atoms with E-state index in [1.165, 1.54) is 0 Å². The van der Waals surface area contributed by atoms with Gasteiger partial charge < -0.3 is 4.74 Å². The third kappa shape index (κ3) is 2.79. The highest BCUT2D eigenvalue weighted by molar-refractivity contribution is 5.99. The summed E-state index contributed by atoms with van der Waals surface area (Å²) in [4.78, 5) is 37.1. The van der Waals surface area contributed by atoms with Crippen molar-refractivity contribution < 1.29 is 19.1 Å². The molecule has 0 saturated heterocycles. The maximum atomic E-state index is 12.8. The van der Waals surface area contributed by atoms with Crippen LogP contribution in [0.2, 0.25) is 0 Å². The van der Waals surface area contributed by atoms with Crippen molar-refractivity contribution in [3.63, 3.8) is 0 Å². The first-order valence-electron chi connectivity index (χ1n) is 8.04. The molecule has 4 atom stereocenters. The summed E-state index contributed by atoms with van der Waals surface area (Å²) in [6, 6.07) is 2.09. The van der Waals surface area contributed by atoms with Crippen molar-refractivity contribution in [1.29, 1.82) is 5.26 Å². The topological polar surface area (TPSA) is 84.2 Å². The molecule has 0 bridgehead atoms. The third-order valence-electron chi connectivity index (χ3n) is 5.25. The molecule has 0 radical (unpaired) electrons. The zero-order valence-electron chi connectivity index (χ0n) is 13.3. The van der Waals surface area contributed by atoms with Crippen LogP contribution < -0.4 is 0 Å². The molecule has 5 nitrogen and oxygen atoms in total. The lowest BCUT2D eigenvalue weighted by atomic mass is 9.58. The Hall–Kier alpha value is -1.70. The highest BCUT2D eigenvalue weighted by Gasteiger charge is 2.60. The standard InChI is InChI=1S/C17H23NO4/c1-3-22-16(21)10-13-14(19)9-12-7-11(2)8-15(20)17(12,13)5-4-6-18/h11-13H,3-5,7-10H2,1-2H3/t11-,12+,13+,17+/m1/s1. The maximum absolute atomic E-state index is 12.8. The summed E-state index contributed by atoms with van der Waals surface area (Å²) in [6.45, 7) is 4.00. The molecule has 0 aromatic carbocycles. The highest BCUT2D eigenvalue weighted by Crippen LogP contribution is 2.57. The minimum atomic E-state index is -0.813. The number of carbonyl (C=O) groups excluding carboxylic acids is 3. The number of nitriles is 1. The summed E-state index contributed by atoms with van der Waals surface area (Å²) in [6.07, 6.45) is 2.20. The molecule has 22 heavy (non-hydrogen) atoms. The van der Waals surface area contributed by atoms with E-state index < -0.39 is 17.3 Å². The molecule has 0 heterocycles. The predicted octanol–water partition coefficient (Wildman–Crippen LogP) is 2.43. The average Bonchev–Trinajstić information content (AvgIpc) is 2.70. The van der Waals surface area contributed by atoms with Gasteiger partial charge >= 0.3 is 5.97 Å². The number of rotatable bonds is 5. The normalized spacial score (nSPS) is 34.1. The molecule has 5 heteroatoms. The van der Waals surface area contributed by atoms with E-state index in [-0.39, 0.29) is 42.9 Å². The van der Waals surface area contributed by atoms with E-state index in [4.69, 9.17) is 10.00 Å². The van der Waals surface area contributed by atoms with Crippen LogP contribution in [-0.2, 0) is 19.1 Å². The SMILES string of the molecule is CCOC(=O)C[C@H]1C(=O)C[C@@H]2C[C@@H](C)CC(=O)[C@@]21CCC#N. The summed E-state index contributed by atoms with van der Waals surface area (Å²) in [5.41, 5.74) is -0.813. The van der Waals surface area contributed by atoms with E-state index in [9.17, 15) is 14.4 Å². The fourth-order valence-electron chi connectivity index (χ4n) is 4.39. The van der Waals surface area contributed by atoms with Gasteiger partial charge in [-0.25, -0.2) is 0 Å². The van der Waals surface area contributed by atoms with Gasteiger partial charge in [0.2, 0.25) is 0 Å². The van der Waals surface area contributed by atoms with Gasteiger partial charge in [-0.3, -0.25) is 14.4 Å². The Bertz CT molecular complexity index is 521. The number of ketones is 2. The lowest BCUT2D eigenvalue weighted by Crippen LogP contribution is -2.46. The van der Waals surface area contributed by atoms with E-state index in [0.29, 0.717) is 19.3 Å². The van der Waals surface area contributed by atoms with Crippen LogP contribution in [0.4, 0.5) is 0 Å². The molecular formula is C17H23NO4.